The van der Waals surface area contributed by atoms with Gasteiger partial charge in [-0.15, -0.1) is 0 Å². The molecule has 0 bridgehead atoms. The highest BCUT2D eigenvalue weighted by Crippen LogP contribution is 2.16. The first-order valence-corrected chi connectivity index (χ1v) is 31.7. The molecule has 0 saturated carbocycles. The fourth-order valence-corrected chi connectivity index (χ4v) is 9.40. The largest absolute Gasteiger partial charge is 0.391 e. The Labute approximate surface area is 522 Å². The van der Waals surface area contributed by atoms with Gasteiger partial charge in [0.1, 0.15) is 54.4 Å². The van der Waals surface area contributed by atoms with Gasteiger partial charge in [-0.05, 0) is 133 Å². The fraction of sp³-hybridized carbons (Fsp3) is 0.800. The van der Waals surface area contributed by atoms with Crippen molar-refractivity contribution in [2.24, 2.45) is 63.3 Å². The Kier molecular flexibility index (Phi) is 41.3. The third-order valence-electron chi connectivity index (χ3n) is 14.5. The van der Waals surface area contributed by atoms with Crippen molar-refractivity contribution in [2.75, 3.05) is 26.2 Å². The Morgan fingerprint density at radius 2 is 0.773 bits per heavy atom. The van der Waals surface area contributed by atoms with E-state index in [0.29, 0.717) is 38.5 Å². The number of primary amides is 1. The van der Waals surface area contributed by atoms with Gasteiger partial charge in [0, 0.05) is 13.0 Å². The van der Waals surface area contributed by atoms with Gasteiger partial charge in [0.15, 0.2) is 5.96 Å². The molecule has 0 aliphatic heterocycles. The van der Waals surface area contributed by atoms with Crippen LogP contribution in [0.1, 0.15) is 192 Å². The van der Waals surface area contributed by atoms with E-state index in [-0.39, 0.29) is 120 Å². The highest BCUT2D eigenvalue weighted by atomic mass is 16.3. The molecule has 0 aliphatic rings. The normalized spacial score (nSPS) is 15.1. The number of aliphatic hydroxyl groups is 1. The molecule has 0 aromatic rings. The Hall–Kier alpha value is -6.68. The van der Waals surface area contributed by atoms with E-state index in [0.717, 1.165) is 12.8 Å². The number of nitrogens with one attached hydrogen (secondary N) is 10. The van der Waals surface area contributed by atoms with Crippen molar-refractivity contribution in [3.63, 3.8) is 0 Å². The van der Waals surface area contributed by atoms with Gasteiger partial charge >= 0.3 is 0 Å². The third-order valence-corrected chi connectivity index (χ3v) is 14.5. The molecule has 0 spiro atoms. The first-order chi connectivity index (χ1) is 41.3. The maximum absolute atomic E-state index is 14.6. The lowest BCUT2D eigenvalue weighted by Gasteiger charge is -2.30. The molecule has 0 fully saturated rings. The van der Waals surface area contributed by atoms with Crippen LogP contribution in [0.3, 0.4) is 0 Å². The molecule has 0 heterocycles. The number of carbonyl (C=O) groups excluding carboxylic acids is 11. The Morgan fingerprint density at radius 3 is 1.18 bits per heavy atom. The molecular formula is C60H114N16O12. The van der Waals surface area contributed by atoms with Gasteiger partial charge in [-0.1, -0.05) is 95.4 Å². The van der Waals surface area contributed by atoms with Crippen LogP contribution in [-0.2, 0) is 52.7 Å². The van der Waals surface area contributed by atoms with Gasteiger partial charge in [0.25, 0.3) is 0 Å². The first-order valence-electron chi connectivity index (χ1n) is 31.7. The summed E-state index contributed by atoms with van der Waals surface area (Å²) in [5, 5.41) is 37.7. The van der Waals surface area contributed by atoms with E-state index >= 15 is 0 Å². The lowest BCUT2D eigenvalue weighted by Crippen LogP contribution is -2.62. The SMILES string of the molecule is CCCCCC(=O)NCC(=O)N[C@@H](CC(C)C)C(=O)N[C@@H](CC(C)C)C(=O)N[C@H](CCCCN)C(=O)N[C@@H](CCCN=C(N)N)C(=O)N[C@H](C(=O)N[C@H](CCCCN)C(=O)N[C@H](C(=O)N[C@@H](CC(C)C)C(=O)N[C@@H](CC(C)C)C(N)=O)[C@@H](C)O)[C@@H](C)CC. The number of aliphatic hydroxyl groups excluding tert-OH is 1. The van der Waals surface area contributed by atoms with Crippen LogP contribution in [0, 0.1) is 29.6 Å². The van der Waals surface area contributed by atoms with Crippen LogP contribution < -0.4 is 81.8 Å². The monoisotopic (exact) mass is 1250 g/mol. The number of amides is 11. The summed E-state index contributed by atoms with van der Waals surface area (Å²) in [6.07, 6.45) is 3.95. The number of unbranched alkanes of at least 4 members (excludes halogenated alkanes) is 4. The van der Waals surface area contributed by atoms with Crippen molar-refractivity contribution in [3.05, 3.63) is 0 Å². The number of aliphatic imine (C=N–C) groups is 1. The number of rotatable bonds is 47. The highest BCUT2D eigenvalue weighted by Gasteiger charge is 2.38. The molecule has 0 aromatic carbocycles. The molecule has 0 saturated heterocycles. The van der Waals surface area contributed by atoms with Crippen molar-refractivity contribution in [1.29, 1.82) is 0 Å². The smallest absolute Gasteiger partial charge is 0.245 e. The zero-order valence-electron chi connectivity index (χ0n) is 54.8. The first kappa shape index (κ1) is 81.3. The number of guanidine groups is 1. The highest BCUT2D eigenvalue weighted by molar-refractivity contribution is 5.99. The summed E-state index contributed by atoms with van der Waals surface area (Å²) in [5.74, 6) is -9.08. The minimum atomic E-state index is -1.64. The standard InChI is InChI=1S/C60H114N16O12/c1-13-15-16-25-47(78)67-33-48(79)68-44(30-35(5)6)55(84)73-45(31-36(7)8)56(85)70-40(22-17-19-26-61)52(81)69-42(24-21-28-66-60(64)65)53(82)75-49(38(11)14-2)58(87)71-41(23-18-20-27-62)54(83)76-50(39(12)77)59(88)74-46(32-37(9)10)57(86)72-43(51(63)80)29-34(3)4/h34-46,49-50,77H,13-33,61-62H2,1-12H3,(H2,63,80)(H,67,78)(H,68,79)(H,69,81)(H,70,85)(H,71,87)(H,72,86)(H,73,84)(H,74,88)(H,75,82)(H,76,83)(H4,64,65,66)/t38-,39+,40+,41+,42-,43-,44-,45-,46-,49-,50-/m0/s1. The molecule has 28 heteroatoms. The number of hydrogen-bond acceptors (Lipinski definition) is 15. The number of hydrogen-bond donors (Lipinski definition) is 16. The van der Waals surface area contributed by atoms with Crippen LogP contribution in [0.5, 0.6) is 0 Å². The second kappa shape index (κ2) is 44.7. The number of carbonyl (C=O) groups is 11. The summed E-state index contributed by atoms with van der Waals surface area (Å²) < 4.78 is 0. The summed E-state index contributed by atoms with van der Waals surface area (Å²) in [5.41, 5.74) is 28.4. The zero-order chi connectivity index (χ0) is 67.2. The summed E-state index contributed by atoms with van der Waals surface area (Å²) in [7, 11) is 0. The Balaban J connectivity index is 7.02. The molecule has 0 unspecified atom stereocenters. The van der Waals surface area contributed by atoms with Crippen LogP contribution in [0.2, 0.25) is 0 Å². The summed E-state index contributed by atoms with van der Waals surface area (Å²) in [6.45, 7) is 21.6. The van der Waals surface area contributed by atoms with Crippen molar-refractivity contribution < 1.29 is 57.8 Å². The van der Waals surface area contributed by atoms with Crippen molar-refractivity contribution in [3.8, 4) is 0 Å². The number of nitrogens with two attached hydrogens (primary N) is 5. The maximum Gasteiger partial charge on any atom is 0.245 e. The average molecular weight is 1250 g/mol. The Morgan fingerprint density at radius 1 is 0.409 bits per heavy atom. The minimum Gasteiger partial charge on any atom is -0.391 e. The van der Waals surface area contributed by atoms with Gasteiger partial charge in [0.2, 0.25) is 65.0 Å². The quantitative estimate of drug-likeness (QED) is 0.0207. The molecular weight excluding hydrogens is 1140 g/mol. The molecule has 0 radical (unpaired) electrons. The average Bonchev–Trinajstić information content (AvgIpc) is 3.22. The lowest BCUT2D eigenvalue weighted by molar-refractivity contribution is -0.137. The Bertz CT molecular complexity index is 2210. The van der Waals surface area contributed by atoms with Gasteiger partial charge in [0.05, 0.1) is 12.6 Å². The van der Waals surface area contributed by atoms with Crippen LogP contribution in [0.4, 0.5) is 0 Å². The van der Waals surface area contributed by atoms with Gasteiger partial charge in [-0.2, -0.15) is 0 Å². The van der Waals surface area contributed by atoms with Crippen LogP contribution in [0.15, 0.2) is 4.99 Å². The molecule has 11 atom stereocenters. The van der Waals surface area contributed by atoms with Crippen LogP contribution >= 0.6 is 0 Å². The minimum absolute atomic E-state index is 0.00453. The third kappa shape index (κ3) is 34.8. The predicted molar refractivity (Wildman–Crippen MR) is 338 cm³/mol. The predicted octanol–water partition coefficient (Wildman–Crippen LogP) is -0.546. The van der Waals surface area contributed by atoms with E-state index in [1.807, 2.05) is 62.3 Å². The second-order valence-corrected chi connectivity index (χ2v) is 24.8. The van der Waals surface area contributed by atoms with E-state index in [1.165, 1.54) is 6.92 Å². The molecule has 28 nitrogen and oxygen atoms in total. The maximum atomic E-state index is 14.6. The molecule has 11 amide bonds. The summed E-state index contributed by atoms with van der Waals surface area (Å²) in [6, 6.07) is -11.5. The summed E-state index contributed by atoms with van der Waals surface area (Å²) >= 11 is 0. The van der Waals surface area contributed by atoms with E-state index in [1.54, 1.807) is 13.8 Å². The second-order valence-electron chi connectivity index (χ2n) is 24.8. The molecule has 0 rings (SSSR count). The van der Waals surface area contributed by atoms with E-state index < -0.39 is 125 Å². The molecule has 21 N–H and O–H groups in total. The van der Waals surface area contributed by atoms with Crippen LogP contribution in [0.25, 0.3) is 0 Å². The van der Waals surface area contributed by atoms with Gasteiger partial charge < -0.3 is 86.9 Å². The molecule has 0 aromatic heterocycles. The molecule has 88 heavy (non-hydrogen) atoms. The van der Waals surface area contributed by atoms with Crippen molar-refractivity contribution >= 4 is 70.9 Å². The zero-order valence-corrected chi connectivity index (χ0v) is 54.8. The fourth-order valence-electron chi connectivity index (χ4n) is 9.40. The van der Waals surface area contributed by atoms with Crippen molar-refractivity contribution in [1.82, 2.24) is 53.2 Å². The molecule has 0 aliphatic carbocycles. The number of nitrogens with zero attached hydrogens (tertiary/aromatic N) is 1. The van der Waals surface area contributed by atoms with Crippen LogP contribution in [-0.4, -0.2) is 163 Å². The topological polar surface area (TPSA) is 471 Å². The summed E-state index contributed by atoms with van der Waals surface area (Å²) in [4.78, 5) is 155. The van der Waals surface area contributed by atoms with E-state index in [2.05, 4.69) is 58.2 Å². The van der Waals surface area contributed by atoms with Gasteiger partial charge in [-0.3, -0.25) is 57.7 Å². The molecule has 506 valence electrons. The van der Waals surface area contributed by atoms with Crippen molar-refractivity contribution in [2.45, 2.75) is 253 Å². The van der Waals surface area contributed by atoms with E-state index in [4.69, 9.17) is 28.7 Å². The lowest BCUT2D eigenvalue weighted by atomic mass is 9.96. The van der Waals surface area contributed by atoms with Gasteiger partial charge in [-0.25, -0.2) is 0 Å². The van der Waals surface area contributed by atoms with E-state index in [9.17, 15) is 57.8 Å².